The number of nitrogens with zero attached hydrogens (tertiary/aromatic N) is 1. The lowest BCUT2D eigenvalue weighted by Crippen LogP contribution is -2.32. The number of rotatable bonds is 10. The molecule has 9 nitrogen and oxygen atoms in total. The summed E-state index contributed by atoms with van der Waals surface area (Å²) in [7, 11) is -4.17. The molecule has 0 amide bonds. The Morgan fingerprint density at radius 1 is 0.818 bits per heavy atom. The maximum atomic E-state index is 9.56. The van der Waals surface area contributed by atoms with E-state index in [1.807, 2.05) is 13.8 Å². The Kier molecular flexibility index (Phi) is 25.0. The number of hydrogen-bond acceptors (Lipinski definition) is 8. The molecule has 0 aromatic heterocycles. The Morgan fingerprint density at radius 3 is 1.27 bits per heavy atom. The topological polar surface area (TPSA) is 137 Å². The molecule has 0 aromatic rings. The van der Waals surface area contributed by atoms with Gasteiger partial charge in [-0.25, -0.2) is 4.18 Å². The molecule has 10 heteroatoms. The fourth-order valence-corrected chi connectivity index (χ4v) is 1.41. The van der Waals surface area contributed by atoms with Crippen LogP contribution in [0.15, 0.2) is 0 Å². The molecule has 0 rings (SSSR count). The molecule has 0 aliphatic rings. The molecule has 0 fully saturated rings. The van der Waals surface area contributed by atoms with E-state index in [-0.39, 0.29) is 26.4 Å². The molecule has 0 heterocycles. The van der Waals surface area contributed by atoms with Gasteiger partial charge in [-0.1, -0.05) is 0 Å². The Balaban J connectivity index is -0.000000263. The fourth-order valence-electron chi connectivity index (χ4n) is 1.11. The van der Waals surface area contributed by atoms with E-state index in [2.05, 4.69) is 4.18 Å². The summed E-state index contributed by atoms with van der Waals surface area (Å²) in [6, 6.07) is 0. The van der Waals surface area contributed by atoms with Crippen LogP contribution in [0.1, 0.15) is 20.8 Å². The van der Waals surface area contributed by atoms with Gasteiger partial charge in [0.1, 0.15) is 0 Å². The molecule has 0 atom stereocenters. The highest BCUT2D eigenvalue weighted by Gasteiger charge is 2.00. The van der Waals surface area contributed by atoms with E-state index in [0.717, 1.165) is 13.2 Å². The van der Waals surface area contributed by atoms with E-state index in [1.165, 1.54) is 6.92 Å². The van der Waals surface area contributed by atoms with E-state index in [9.17, 15) is 8.42 Å². The van der Waals surface area contributed by atoms with E-state index in [1.54, 1.807) is 4.90 Å². The first-order valence-corrected chi connectivity index (χ1v) is 8.43. The van der Waals surface area contributed by atoms with Crippen LogP contribution in [0.2, 0.25) is 0 Å². The summed E-state index contributed by atoms with van der Waals surface area (Å²) in [4.78, 5) is 1.79. The van der Waals surface area contributed by atoms with Crippen molar-refractivity contribution in [2.75, 3.05) is 59.3 Å². The Bertz CT molecular complexity index is 271. The van der Waals surface area contributed by atoms with Gasteiger partial charge in [0.25, 0.3) is 0 Å². The van der Waals surface area contributed by atoms with Gasteiger partial charge < -0.3 is 20.1 Å². The largest absolute Gasteiger partial charge is 0.397 e. The number of aliphatic hydroxyl groups excluding tert-OH is 3. The van der Waals surface area contributed by atoms with Crippen LogP contribution in [-0.4, -0.2) is 92.5 Å². The van der Waals surface area contributed by atoms with Gasteiger partial charge in [-0.15, -0.1) is 0 Å². The van der Waals surface area contributed by atoms with E-state index < -0.39 is 10.4 Å². The molecule has 0 aromatic carbocycles. The van der Waals surface area contributed by atoms with Crippen molar-refractivity contribution < 1.29 is 37.2 Å². The van der Waals surface area contributed by atoms with Crippen LogP contribution in [0, 0.1) is 0 Å². The number of aliphatic hydroxyl groups is 3. The first kappa shape index (κ1) is 26.6. The van der Waals surface area contributed by atoms with E-state index in [4.69, 9.17) is 24.6 Å². The molecule has 0 aliphatic heterocycles. The lowest BCUT2D eigenvalue weighted by molar-refractivity contribution is 0.136. The van der Waals surface area contributed by atoms with Crippen molar-refractivity contribution in [2.24, 2.45) is 0 Å². The molecule has 4 N–H and O–H groups in total. The SMILES string of the molecule is CCOCC.CCOS(=O)(=O)O.OCCN(CCO)CCO. The summed E-state index contributed by atoms with van der Waals surface area (Å²) in [5, 5.41) is 25.5. The Hall–Kier alpha value is -0.330. The molecule has 0 bridgehead atoms. The standard InChI is InChI=1S/C6H15NO3.C4H10O.C2H6O4S/c8-4-1-7(2-5-9)3-6-10;1-3-5-4-2;1-2-6-7(3,4)5/h8-10H,1-6H2;3-4H2,1-2H3;2H2,1H3,(H,3,4,5). The van der Waals surface area contributed by atoms with E-state index >= 15 is 0 Å². The molecule has 22 heavy (non-hydrogen) atoms. The molecule has 0 spiro atoms. The number of hydrogen-bond donors (Lipinski definition) is 4. The van der Waals surface area contributed by atoms with Gasteiger partial charge in [-0.2, -0.15) is 8.42 Å². The third-order valence-electron chi connectivity index (χ3n) is 1.92. The maximum absolute atomic E-state index is 9.56. The molecular formula is C12H31NO8S. The van der Waals surface area contributed by atoms with Gasteiger partial charge in [0.2, 0.25) is 0 Å². The minimum atomic E-state index is -4.17. The lowest BCUT2D eigenvalue weighted by Gasteiger charge is -2.17. The minimum Gasteiger partial charge on any atom is -0.395 e. The van der Waals surface area contributed by atoms with Crippen molar-refractivity contribution in [3.63, 3.8) is 0 Å². The average Bonchev–Trinajstić information content (AvgIpc) is 2.40. The van der Waals surface area contributed by atoms with Gasteiger partial charge >= 0.3 is 10.4 Å². The second-order valence-corrected chi connectivity index (χ2v) is 4.72. The predicted molar refractivity (Wildman–Crippen MR) is 83.0 cm³/mol. The Labute approximate surface area is 133 Å². The lowest BCUT2D eigenvalue weighted by atomic mass is 10.4. The highest BCUT2D eigenvalue weighted by atomic mass is 32.3. The summed E-state index contributed by atoms with van der Waals surface area (Å²) >= 11 is 0. The third kappa shape index (κ3) is 31.9. The summed E-state index contributed by atoms with van der Waals surface area (Å²) in [5.41, 5.74) is 0. The smallest absolute Gasteiger partial charge is 0.395 e. The van der Waals surface area contributed by atoms with Crippen molar-refractivity contribution in [3.05, 3.63) is 0 Å². The quantitative estimate of drug-likeness (QED) is 0.371. The fraction of sp³-hybridized carbons (Fsp3) is 1.00. The summed E-state index contributed by atoms with van der Waals surface area (Å²) in [6.45, 7) is 8.86. The second kappa shape index (κ2) is 20.7. The highest BCUT2D eigenvalue weighted by Crippen LogP contribution is 1.84. The van der Waals surface area contributed by atoms with Crippen molar-refractivity contribution in [3.8, 4) is 0 Å². The summed E-state index contributed by atoms with van der Waals surface area (Å²) in [6.07, 6.45) is 0. The predicted octanol–water partition coefficient (Wildman–Crippen LogP) is -0.866. The van der Waals surface area contributed by atoms with E-state index in [0.29, 0.717) is 19.6 Å². The zero-order chi connectivity index (χ0) is 17.9. The molecule has 0 radical (unpaired) electrons. The van der Waals surface area contributed by atoms with Gasteiger partial charge in [0.05, 0.1) is 26.4 Å². The average molecular weight is 349 g/mol. The molecular weight excluding hydrogens is 318 g/mol. The molecule has 0 saturated heterocycles. The zero-order valence-corrected chi connectivity index (χ0v) is 14.5. The molecule has 0 unspecified atom stereocenters. The maximum Gasteiger partial charge on any atom is 0.397 e. The van der Waals surface area contributed by atoms with Crippen LogP contribution in [0.5, 0.6) is 0 Å². The monoisotopic (exact) mass is 349 g/mol. The van der Waals surface area contributed by atoms with Crippen LogP contribution in [0.4, 0.5) is 0 Å². The first-order chi connectivity index (χ1) is 10.3. The highest BCUT2D eigenvalue weighted by molar-refractivity contribution is 7.80. The molecule has 0 aliphatic carbocycles. The van der Waals surface area contributed by atoms with Crippen LogP contribution in [0.3, 0.4) is 0 Å². The zero-order valence-electron chi connectivity index (χ0n) is 13.6. The van der Waals surface area contributed by atoms with Gasteiger partial charge in [0, 0.05) is 32.8 Å². The van der Waals surface area contributed by atoms with Gasteiger partial charge in [0.15, 0.2) is 0 Å². The van der Waals surface area contributed by atoms with Crippen LogP contribution < -0.4 is 0 Å². The summed E-state index contributed by atoms with van der Waals surface area (Å²) < 4.78 is 35.5. The van der Waals surface area contributed by atoms with Crippen LogP contribution in [-0.2, 0) is 19.3 Å². The van der Waals surface area contributed by atoms with Crippen LogP contribution >= 0.6 is 0 Å². The molecule has 138 valence electrons. The molecule has 0 saturated carbocycles. The second-order valence-electron chi connectivity index (χ2n) is 3.63. The van der Waals surface area contributed by atoms with Crippen molar-refractivity contribution >= 4 is 10.4 Å². The summed E-state index contributed by atoms with van der Waals surface area (Å²) in [5.74, 6) is 0. The van der Waals surface area contributed by atoms with Crippen molar-refractivity contribution in [1.29, 1.82) is 0 Å². The number of ether oxygens (including phenoxy) is 1. The van der Waals surface area contributed by atoms with Crippen molar-refractivity contribution in [1.82, 2.24) is 4.90 Å². The Morgan fingerprint density at radius 2 is 1.18 bits per heavy atom. The normalized spacial score (nSPS) is 10.5. The minimum absolute atomic E-state index is 0.0289. The van der Waals surface area contributed by atoms with Gasteiger partial charge in [-0.05, 0) is 20.8 Å². The van der Waals surface area contributed by atoms with Crippen molar-refractivity contribution in [2.45, 2.75) is 20.8 Å². The van der Waals surface area contributed by atoms with Gasteiger partial charge in [-0.3, -0.25) is 9.45 Å². The first-order valence-electron chi connectivity index (χ1n) is 7.07. The third-order valence-corrected chi connectivity index (χ3v) is 2.46. The van der Waals surface area contributed by atoms with Crippen LogP contribution in [0.25, 0.3) is 0 Å².